The van der Waals surface area contributed by atoms with Gasteiger partial charge in [0.25, 0.3) is 0 Å². The maximum absolute atomic E-state index is 12.2. The summed E-state index contributed by atoms with van der Waals surface area (Å²) in [5, 5.41) is 14.3. The van der Waals surface area contributed by atoms with E-state index in [0.29, 0.717) is 12.3 Å². The molecule has 130 valence electrons. The molecular weight excluding hydrogens is 340 g/mol. The van der Waals surface area contributed by atoms with Gasteiger partial charge in [0, 0.05) is 17.0 Å². The molecule has 0 spiro atoms. The van der Waals surface area contributed by atoms with Gasteiger partial charge in [0.05, 0.1) is 17.5 Å². The fourth-order valence-corrected chi connectivity index (χ4v) is 3.58. The first-order chi connectivity index (χ1) is 12.0. The molecule has 2 aromatic rings. The number of ether oxygens (including phenoxy) is 1. The number of phenols is 1. The number of carbonyl (C=O) groups is 2. The van der Waals surface area contributed by atoms with Crippen molar-refractivity contribution >= 4 is 35.0 Å². The third-order valence-corrected chi connectivity index (χ3v) is 4.86. The van der Waals surface area contributed by atoms with Gasteiger partial charge in [-0.1, -0.05) is 0 Å². The van der Waals surface area contributed by atoms with E-state index in [0.717, 1.165) is 16.3 Å². The van der Waals surface area contributed by atoms with Crippen molar-refractivity contribution in [2.45, 2.75) is 23.5 Å². The fourth-order valence-electron chi connectivity index (χ4n) is 2.44. The molecule has 7 heteroatoms. The molecule has 0 radical (unpaired) electrons. The number of thioether (sulfide) groups is 1. The summed E-state index contributed by atoms with van der Waals surface area (Å²) in [5.74, 6) is 0.407. The molecule has 1 aliphatic heterocycles. The Balaban J connectivity index is 1.66. The van der Waals surface area contributed by atoms with E-state index in [9.17, 15) is 14.7 Å². The minimum absolute atomic E-state index is 0.0513. The molecule has 0 fully saturated rings. The second-order valence-corrected chi connectivity index (χ2v) is 6.73. The number of aromatic hydroxyl groups is 1. The lowest BCUT2D eigenvalue weighted by Crippen LogP contribution is -2.32. The highest BCUT2D eigenvalue weighted by Gasteiger charge is 2.29. The smallest absolute Gasteiger partial charge is 0.238 e. The van der Waals surface area contributed by atoms with Crippen LogP contribution < -0.4 is 15.4 Å². The van der Waals surface area contributed by atoms with Crippen LogP contribution in [0, 0.1) is 0 Å². The standard InChI is InChI=1S/C18H18N2O4S/c1-2-24-13-7-8-14-15(9-13)25-16(18(23)20-14)10-17(22)19-11-3-5-12(21)6-4-11/h3-9,16,21H,2,10H2,1H3,(H,19,22)(H,20,23). The Kier molecular flexibility index (Phi) is 5.14. The molecule has 2 amide bonds. The quantitative estimate of drug-likeness (QED) is 0.714. The van der Waals surface area contributed by atoms with E-state index in [1.54, 1.807) is 24.3 Å². The predicted octanol–water partition coefficient (Wildman–Crippen LogP) is 3.23. The molecule has 6 nitrogen and oxygen atoms in total. The van der Waals surface area contributed by atoms with Crippen molar-refractivity contribution in [1.29, 1.82) is 0 Å². The number of fused-ring (bicyclic) bond motifs is 1. The highest BCUT2D eigenvalue weighted by Crippen LogP contribution is 2.39. The van der Waals surface area contributed by atoms with Gasteiger partial charge in [0.2, 0.25) is 11.8 Å². The molecule has 1 heterocycles. The molecule has 2 aromatic carbocycles. The van der Waals surface area contributed by atoms with Gasteiger partial charge in [-0.05, 0) is 49.4 Å². The largest absolute Gasteiger partial charge is 0.508 e. The molecule has 1 unspecified atom stereocenters. The SMILES string of the molecule is CCOc1ccc2c(c1)SC(CC(=O)Nc1ccc(O)cc1)C(=O)N2. The predicted molar refractivity (Wildman–Crippen MR) is 97.2 cm³/mol. The second-order valence-electron chi connectivity index (χ2n) is 5.49. The maximum atomic E-state index is 12.2. The molecular formula is C18H18N2O4S. The summed E-state index contributed by atoms with van der Waals surface area (Å²) in [4.78, 5) is 25.3. The number of rotatable bonds is 5. The lowest BCUT2D eigenvalue weighted by atomic mass is 10.2. The highest BCUT2D eigenvalue weighted by molar-refractivity contribution is 8.01. The number of hydrogen-bond acceptors (Lipinski definition) is 5. The molecule has 25 heavy (non-hydrogen) atoms. The summed E-state index contributed by atoms with van der Waals surface area (Å²) in [5.41, 5.74) is 1.30. The third-order valence-electron chi connectivity index (χ3n) is 3.61. The number of benzene rings is 2. The van der Waals surface area contributed by atoms with Crippen LogP contribution in [-0.2, 0) is 9.59 Å². The van der Waals surface area contributed by atoms with Crippen LogP contribution in [0.3, 0.4) is 0 Å². The monoisotopic (exact) mass is 358 g/mol. The number of amides is 2. The molecule has 0 bridgehead atoms. The Bertz CT molecular complexity index is 792. The first-order valence-electron chi connectivity index (χ1n) is 7.88. The van der Waals surface area contributed by atoms with Crippen LogP contribution in [0.5, 0.6) is 11.5 Å². The van der Waals surface area contributed by atoms with Gasteiger partial charge in [0.1, 0.15) is 11.5 Å². The van der Waals surface area contributed by atoms with Gasteiger partial charge in [-0.25, -0.2) is 0 Å². The topological polar surface area (TPSA) is 87.7 Å². The summed E-state index contributed by atoms with van der Waals surface area (Å²) < 4.78 is 5.48. The summed E-state index contributed by atoms with van der Waals surface area (Å²) >= 11 is 1.35. The molecule has 0 saturated heterocycles. The number of hydrogen-bond donors (Lipinski definition) is 3. The fraction of sp³-hybridized carbons (Fsp3) is 0.222. The van der Waals surface area contributed by atoms with Crippen LogP contribution in [0.2, 0.25) is 0 Å². The first kappa shape index (κ1) is 17.2. The second kappa shape index (κ2) is 7.48. The summed E-state index contributed by atoms with van der Waals surface area (Å²) in [7, 11) is 0. The Morgan fingerprint density at radius 1 is 1.28 bits per heavy atom. The van der Waals surface area contributed by atoms with E-state index >= 15 is 0 Å². The molecule has 0 aliphatic carbocycles. The van der Waals surface area contributed by atoms with Gasteiger partial charge in [0.15, 0.2) is 0 Å². The number of anilines is 2. The average Bonchev–Trinajstić information content (AvgIpc) is 2.58. The van der Waals surface area contributed by atoms with Gasteiger partial charge in [-0.2, -0.15) is 0 Å². The van der Waals surface area contributed by atoms with Crippen LogP contribution in [0.1, 0.15) is 13.3 Å². The molecule has 3 rings (SSSR count). The zero-order valence-electron chi connectivity index (χ0n) is 13.6. The van der Waals surface area contributed by atoms with E-state index in [2.05, 4.69) is 10.6 Å². The van der Waals surface area contributed by atoms with Crippen LogP contribution in [0.4, 0.5) is 11.4 Å². The Morgan fingerprint density at radius 2 is 2.04 bits per heavy atom. The lowest BCUT2D eigenvalue weighted by Gasteiger charge is -2.24. The van der Waals surface area contributed by atoms with Crippen LogP contribution in [-0.4, -0.2) is 28.8 Å². The van der Waals surface area contributed by atoms with Crippen LogP contribution >= 0.6 is 11.8 Å². The minimum Gasteiger partial charge on any atom is -0.508 e. The van der Waals surface area contributed by atoms with Gasteiger partial charge in [-0.15, -0.1) is 11.8 Å². The average molecular weight is 358 g/mol. The Labute approximate surface area is 149 Å². The Morgan fingerprint density at radius 3 is 2.76 bits per heavy atom. The van der Waals surface area contributed by atoms with Crippen molar-refractivity contribution in [3.8, 4) is 11.5 Å². The van der Waals surface area contributed by atoms with Crippen LogP contribution in [0.15, 0.2) is 47.4 Å². The zero-order valence-corrected chi connectivity index (χ0v) is 14.4. The molecule has 0 saturated carbocycles. The van der Waals surface area contributed by atoms with Crippen molar-refractivity contribution in [2.75, 3.05) is 17.2 Å². The number of nitrogens with one attached hydrogen (secondary N) is 2. The molecule has 0 aromatic heterocycles. The normalized spacial score (nSPS) is 15.9. The van der Waals surface area contributed by atoms with Crippen molar-refractivity contribution in [2.24, 2.45) is 0 Å². The molecule has 1 aliphatic rings. The van der Waals surface area contributed by atoms with E-state index < -0.39 is 5.25 Å². The zero-order chi connectivity index (χ0) is 17.8. The van der Waals surface area contributed by atoms with E-state index in [-0.39, 0.29) is 24.0 Å². The van der Waals surface area contributed by atoms with Crippen molar-refractivity contribution in [1.82, 2.24) is 0 Å². The lowest BCUT2D eigenvalue weighted by molar-refractivity contribution is -0.120. The summed E-state index contributed by atoms with van der Waals surface area (Å²) in [6, 6.07) is 11.7. The van der Waals surface area contributed by atoms with Crippen molar-refractivity contribution in [3.05, 3.63) is 42.5 Å². The van der Waals surface area contributed by atoms with E-state index in [1.165, 1.54) is 23.9 Å². The number of carbonyl (C=O) groups excluding carboxylic acids is 2. The minimum atomic E-state index is -0.513. The molecule has 1 atom stereocenters. The van der Waals surface area contributed by atoms with Gasteiger partial charge in [-0.3, -0.25) is 9.59 Å². The highest BCUT2D eigenvalue weighted by atomic mass is 32.2. The van der Waals surface area contributed by atoms with E-state index in [1.807, 2.05) is 13.0 Å². The van der Waals surface area contributed by atoms with Crippen molar-refractivity contribution in [3.63, 3.8) is 0 Å². The molecule has 3 N–H and O–H groups in total. The van der Waals surface area contributed by atoms with Crippen LogP contribution in [0.25, 0.3) is 0 Å². The maximum Gasteiger partial charge on any atom is 0.238 e. The summed E-state index contributed by atoms with van der Waals surface area (Å²) in [6.07, 6.45) is 0.0513. The first-order valence-corrected chi connectivity index (χ1v) is 8.76. The van der Waals surface area contributed by atoms with Crippen molar-refractivity contribution < 1.29 is 19.4 Å². The Hall–Kier alpha value is -2.67. The number of phenolic OH excluding ortho intramolecular Hbond substituents is 1. The summed E-state index contributed by atoms with van der Waals surface area (Å²) in [6.45, 7) is 2.47. The van der Waals surface area contributed by atoms with Gasteiger partial charge >= 0.3 is 0 Å². The third kappa shape index (κ3) is 4.24. The van der Waals surface area contributed by atoms with Gasteiger partial charge < -0.3 is 20.5 Å². The van der Waals surface area contributed by atoms with E-state index in [4.69, 9.17) is 4.74 Å².